The van der Waals surface area contributed by atoms with E-state index < -0.39 is 0 Å². The largest absolute Gasteiger partial charge is 0.391 e. The summed E-state index contributed by atoms with van der Waals surface area (Å²) in [7, 11) is 4.48. The van der Waals surface area contributed by atoms with E-state index in [1.807, 2.05) is 0 Å². The molecule has 27 heavy (non-hydrogen) atoms. The van der Waals surface area contributed by atoms with E-state index >= 15 is 0 Å². The van der Waals surface area contributed by atoms with Crippen LogP contribution >= 0.6 is 0 Å². The lowest BCUT2D eigenvalue weighted by atomic mass is 9.73. The van der Waals surface area contributed by atoms with Crippen molar-refractivity contribution in [3.63, 3.8) is 0 Å². The first-order valence-corrected chi connectivity index (χ1v) is 10.7. The highest BCUT2D eigenvalue weighted by Gasteiger charge is 2.35. The summed E-state index contributed by atoms with van der Waals surface area (Å²) >= 11 is 0. The Bertz CT molecular complexity index is 604. The third kappa shape index (κ3) is 5.04. The first-order valence-electron chi connectivity index (χ1n) is 10.7. The number of aliphatic hydroxyl groups is 1. The number of rotatable bonds is 4. The van der Waals surface area contributed by atoms with Gasteiger partial charge in [0.2, 0.25) is 0 Å². The van der Waals surface area contributed by atoms with Crippen LogP contribution < -0.4 is 4.90 Å². The zero-order valence-corrected chi connectivity index (χ0v) is 18.0. The van der Waals surface area contributed by atoms with Crippen LogP contribution in [0.3, 0.4) is 0 Å². The Morgan fingerprint density at radius 2 is 1.74 bits per heavy atom. The first kappa shape index (κ1) is 20.6. The highest BCUT2D eigenvalue weighted by atomic mass is 16.3. The number of β-amino-alcohol motifs (C(OH)–C–C–N with tert-alkyl or cyclic N) is 1. The molecule has 0 saturated carbocycles. The van der Waals surface area contributed by atoms with Crippen molar-refractivity contribution in [3.8, 4) is 0 Å². The van der Waals surface area contributed by atoms with Crippen LogP contribution in [0.5, 0.6) is 0 Å². The van der Waals surface area contributed by atoms with Gasteiger partial charge >= 0.3 is 0 Å². The molecule has 2 aliphatic heterocycles. The van der Waals surface area contributed by atoms with E-state index in [1.165, 1.54) is 37.2 Å². The molecule has 2 heterocycles. The lowest BCUT2D eigenvalue weighted by Crippen LogP contribution is -2.47. The Morgan fingerprint density at radius 3 is 2.37 bits per heavy atom. The minimum Gasteiger partial charge on any atom is -0.391 e. The van der Waals surface area contributed by atoms with Gasteiger partial charge in [-0.05, 0) is 68.9 Å². The third-order valence-corrected chi connectivity index (χ3v) is 6.78. The van der Waals surface area contributed by atoms with Crippen molar-refractivity contribution >= 4 is 5.69 Å². The Labute approximate surface area is 166 Å². The summed E-state index contributed by atoms with van der Waals surface area (Å²) in [5.41, 5.74) is 2.93. The van der Waals surface area contributed by atoms with Crippen LogP contribution in [-0.4, -0.2) is 67.3 Å². The summed E-state index contributed by atoms with van der Waals surface area (Å²) in [5, 5.41) is 10.7. The highest BCUT2D eigenvalue weighted by Crippen LogP contribution is 2.35. The Morgan fingerprint density at radius 1 is 1.07 bits per heavy atom. The molecule has 0 aliphatic carbocycles. The predicted molar refractivity (Wildman–Crippen MR) is 114 cm³/mol. The van der Waals surface area contributed by atoms with E-state index in [1.54, 1.807) is 0 Å². The van der Waals surface area contributed by atoms with E-state index in [-0.39, 0.29) is 11.5 Å². The number of anilines is 1. The summed E-state index contributed by atoms with van der Waals surface area (Å²) in [6.45, 7) is 11.9. The summed E-state index contributed by atoms with van der Waals surface area (Å²) in [6, 6.07) is 9.47. The van der Waals surface area contributed by atoms with E-state index in [9.17, 15) is 5.11 Å². The fraction of sp³-hybridized carbons (Fsp3) is 0.739. The van der Waals surface area contributed by atoms with Crippen molar-refractivity contribution in [1.29, 1.82) is 0 Å². The molecule has 2 atom stereocenters. The van der Waals surface area contributed by atoms with Crippen LogP contribution in [0.2, 0.25) is 0 Å². The second-order valence-electron chi connectivity index (χ2n) is 9.84. The summed E-state index contributed by atoms with van der Waals surface area (Å²) in [4.78, 5) is 7.37. The lowest BCUT2D eigenvalue weighted by Gasteiger charge is -2.43. The van der Waals surface area contributed by atoms with Crippen molar-refractivity contribution in [3.05, 3.63) is 29.8 Å². The molecule has 2 aliphatic rings. The van der Waals surface area contributed by atoms with Crippen molar-refractivity contribution in [1.82, 2.24) is 9.80 Å². The second-order valence-corrected chi connectivity index (χ2v) is 9.84. The normalized spacial score (nSPS) is 26.3. The molecule has 0 amide bonds. The number of aliphatic hydroxyl groups excluding tert-OH is 1. The van der Waals surface area contributed by atoms with E-state index in [0.29, 0.717) is 12.0 Å². The molecule has 3 rings (SSSR count). The number of nitrogens with zero attached hydrogens (tertiary/aromatic N) is 3. The zero-order valence-electron chi connectivity index (χ0n) is 18.0. The SMILES string of the molecule is CN1CCC(N(C)c2ccccc2CN2CC[C@H](C(C)(C)C)[C@H](O)C2)CC1. The minimum absolute atomic E-state index is 0.178. The second kappa shape index (κ2) is 8.50. The molecule has 0 unspecified atom stereocenters. The number of likely N-dealkylation sites (tertiary alicyclic amines) is 2. The average Bonchev–Trinajstić information content (AvgIpc) is 2.61. The van der Waals surface area contributed by atoms with Gasteiger partial charge in [-0.1, -0.05) is 39.0 Å². The number of benzene rings is 1. The fourth-order valence-electron chi connectivity index (χ4n) is 4.96. The van der Waals surface area contributed by atoms with Gasteiger partial charge < -0.3 is 14.9 Å². The number of piperidine rings is 2. The number of hydrogen-bond donors (Lipinski definition) is 1. The summed E-state index contributed by atoms with van der Waals surface area (Å²) in [6.07, 6.45) is 3.32. The Kier molecular flexibility index (Phi) is 6.50. The molecule has 4 heteroatoms. The first-order chi connectivity index (χ1) is 12.8. The minimum atomic E-state index is -0.225. The molecule has 1 aromatic carbocycles. The smallest absolute Gasteiger partial charge is 0.0700 e. The molecule has 152 valence electrons. The Hall–Kier alpha value is -1.10. The molecule has 1 N–H and O–H groups in total. The standard InChI is InChI=1S/C23H39N3O/c1-23(2,3)20-12-15-26(17-22(20)27)16-18-8-6-7-9-21(18)25(5)19-10-13-24(4)14-11-19/h6-9,19-20,22,27H,10-17H2,1-5H3/t20-,22+/m0/s1. The maximum Gasteiger partial charge on any atom is 0.0700 e. The van der Waals surface area contributed by atoms with Crippen molar-refractivity contribution in [2.45, 2.75) is 58.7 Å². The van der Waals surface area contributed by atoms with Gasteiger partial charge in [-0.3, -0.25) is 4.90 Å². The molecule has 1 aromatic rings. The van der Waals surface area contributed by atoms with E-state index in [4.69, 9.17) is 0 Å². The zero-order chi connectivity index (χ0) is 19.6. The van der Waals surface area contributed by atoms with Crippen LogP contribution in [-0.2, 0) is 6.54 Å². The van der Waals surface area contributed by atoms with Crippen LogP contribution in [0.4, 0.5) is 5.69 Å². The van der Waals surface area contributed by atoms with Crippen LogP contribution in [0.25, 0.3) is 0 Å². The van der Waals surface area contributed by atoms with Crippen LogP contribution in [0.15, 0.2) is 24.3 Å². The lowest BCUT2D eigenvalue weighted by molar-refractivity contribution is -0.0264. The van der Waals surface area contributed by atoms with Gasteiger partial charge in [0.15, 0.2) is 0 Å². The van der Waals surface area contributed by atoms with E-state index in [0.717, 1.165) is 26.1 Å². The molecule has 4 nitrogen and oxygen atoms in total. The molecular weight excluding hydrogens is 334 g/mol. The molecule has 2 fully saturated rings. The third-order valence-electron chi connectivity index (χ3n) is 6.78. The van der Waals surface area contributed by atoms with Gasteiger partial charge in [0.1, 0.15) is 0 Å². The molecule has 0 radical (unpaired) electrons. The fourth-order valence-corrected chi connectivity index (χ4v) is 4.96. The van der Waals surface area contributed by atoms with Crippen molar-refractivity contribution in [2.75, 3.05) is 45.2 Å². The quantitative estimate of drug-likeness (QED) is 0.876. The van der Waals surface area contributed by atoms with Crippen LogP contribution in [0.1, 0.15) is 45.6 Å². The van der Waals surface area contributed by atoms with Gasteiger partial charge in [-0.2, -0.15) is 0 Å². The van der Waals surface area contributed by atoms with Gasteiger partial charge in [-0.25, -0.2) is 0 Å². The monoisotopic (exact) mass is 373 g/mol. The maximum absolute atomic E-state index is 10.7. The predicted octanol–water partition coefficient (Wildman–Crippen LogP) is 3.45. The molecule has 0 bridgehead atoms. The number of para-hydroxylation sites is 1. The van der Waals surface area contributed by atoms with E-state index in [2.05, 4.69) is 73.8 Å². The van der Waals surface area contributed by atoms with Gasteiger partial charge in [0.05, 0.1) is 6.10 Å². The molecule has 2 saturated heterocycles. The summed E-state index contributed by atoms with van der Waals surface area (Å²) < 4.78 is 0. The topological polar surface area (TPSA) is 30.0 Å². The summed E-state index contributed by atoms with van der Waals surface area (Å²) in [5.74, 6) is 0.394. The maximum atomic E-state index is 10.7. The molecule has 0 spiro atoms. The average molecular weight is 374 g/mol. The van der Waals surface area contributed by atoms with Crippen molar-refractivity contribution in [2.24, 2.45) is 11.3 Å². The van der Waals surface area contributed by atoms with Gasteiger partial charge in [0, 0.05) is 31.9 Å². The number of hydrogen-bond acceptors (Lipinski definition) is 4. The highest BCUT2D eigenvalue weighted by molar-refractivity contribution is 5.54. The molecular formula is C23H39N3O. The van der Waals surface area contributed by atoms with Gasteiger partial charge in [0.25, 0.3) is 0 Å². The molecule has 0 aromatic heterocycles. The van der Waals surface area contributed by atoms with Crippen LogP contribution in [0, 0.1) is 11.3 Å². The van der Waals surface area contributed by atoms with Gasteiger partial charge in [-0.15, -0.1) is 0 Å². The van der Waals surface area contributed by atoms with Crippen molar-refractivity contribution < 1.29 is 5.11 Å². The Balaban J connectivity index is 1.66.